The van der Waals surface area contributed by atoms with Crippen molar-refractivity contribution in [3.05, 3.63) is 28.3 Å². The minimum Gasteiger partial charge on any atom is -0.496 e. The lowest BCUT2D eigenvalue weighted by Crippen LogP contribution is -2.13. The van der Waals surface area contributed by atoms with Gasteiger partial charge in [-0.25, -0.2) is 4.79 Å². The summed E-state index contributed by atoms with van der Waals surface area (Å²) in [4.78, 5) is 14.0. The molecular formula is C12H9ClF3NO2. The zero-order chi connectivity index (χ0) is 14.3. The van der Waals surface area contributed by atoms with Gasteiger partial charge in [-0.3, -0.25) is 0 Å². The summed E-state index contributed by atoms with van der Waals surface area (Å²) < 4.78 is 43.7. The number of hydrogen-bond acceptors (Lipinski definition) is 3. The number of rotatable bonds is 3. The number of alkyl halides is 3. The van der Waals surface area contributed by atoms with Crippen molar-refractivity contribution in [1.82, 2.24) is 0 Å². The van der Waals surface area contributed by atoms with E-state index in [-0.39, 0.29) is 16.3 Å². The second-order valence-electron chi connectivity index (χ2n) is 4.27. The number of ether oxygens (including phenoxy) is 1. The molecule has 1 aliphatic carbocycles. The van der Waals surface area contributed by atoms with Gasteiger partial charge >= 0.3 is 6.18 Å². The van der Waals surface area contributed by atoms with Crippen molar-refractivity contribution in [3.8, 4) is 5.75 Å². The highest BCUT2D eigenvalue weighted by atomic mass is 35.5. The zero-order valence-corrected chi connectivity index (χ0v) is 10.6. The van der Waals surface area contributed by atoms with Gasteiger partial charge in [0, 0.05) is 10.6 Å². The number of halogens is 4. The van der Waals surface area contributed by atoms with Crippen molar-refractivity contribution in [2.45, 2.75) is 24.6 Å². The molecule has 3 nitrogen and oxygen atoms in total. The van der Waals surface area contributed by atoms with Gasteiger partial charge in [-0.15, -0.1) is 0 Å². The zero-order valence-electron chi connectivity index (χ0n) is 9.84. The molecule has 0 heterocycles. The summed E-state index contributed by atoms with van der Waals surface area (Å²) in [6, 6.07) is 2.15. The van der Waals surface area contributed by atoms with E-state index in [4.69, 9.17) is 16.3 Å². The molecule has 0 aliphatic heterocycles. The molecule has 102 valence electrons. The van der Waals surface area contributed by atoms with Crippen LogP contribution in [0.15, 0.2) is 17.1 Å². The molecule has 0 radical (unpaired) electrons. The van der Waals surface area contributed by atoms with Gasteiger partial charge in [0.1, 0.15) is 11.3 Å². The van der Waals surface area contributed by atoms with Gasteiger partial charge in [-0.1, -0.05) is 11.6 Å². The summed E-state index contributed by atoms with van der Waals surface area (Å²) in [7, 11) is 1.14. The van der Waals surface area contributed by atoms with Crippen LogP contribution >= 0.6 is 11.6 Å². The SMILES string of the molecule is COc1c(C(F)(F)F)cc(Cl)cc1C1(N=C=O)CC1. The highest BCUT2D eigenvalue weighted by Crippen LogP contribution is 2.55. The van der Waals surface area contributed by atoms with Crippen molar-refractivity contribution >= 4 is 17.7 Å². The standard InChI is InChI=1S/C12H9ClF3NO2/c1-19-10-8(11(2-3-11)17-6-18)4-7(13)5-9(10)12(14,15)16/h4-5H,2-3H2,1H3. The molecule has 0 saturated heterocycles. The first-order valence-corrected chi connectivity index (χ1v) is 5.76. The van der Waals surface area contributed by atoms with E-state index in [1.807, 2.05) is 0 Å². The van der Waals surface area contributed by atoms with Crippen LogP contribution < -0.4 is 4.74 Å². The van der Waals surface area contributed by atoms with Gasteiger partial charge in [0.25, 0.3) is 0 Å². The van der Waals surface area contributed by atoms with Crippen LogP contribution in [0.1, 0.15) is 24.0 Å². The fourth-order valence-electron chi connectivity index (χ4n) is 2.02. The summed E-state index contributed by atoms with van der Waals surface area (Å²) in [5.41, 5.74) is -1.76. The largest absolute Gasteiger partial charge is 0.496 e. The summed E-state index contributed by atoms with van der Waals surface area (Å²) in [6.45, 7) is 0. The average Bonchev–Trinajstić information content (AvgIpc) is 3.08. The van der Waals surface area contributed by atoms with Crippen molar-refractivity contribution in [2.24, 2.45) is 4.99 Å². The third-order valence-electron chi connectivity index (χ3n) is 3.05. The Hall–Kier alpha value is -1.52. The maximum absolute atomic E-state index is 12.9. The van der Waals surface area contributed by atoms with Crippen molar-refractivity contribution in [1.29, 1.82) is 0 Å². The van der Waals surface area contributed by atoms with Gasteiger partial charge in [-0.2, -0.15) is 18.2 Å². The molecule has 0 atom stereocenters. The van der Waals surface area contributed by atoms with Crippen molar-refractivity contribution in [3.63, 3.8) is 0 Å². The molecule has 0 spiro atoms. The third-order valence-corrected chi connectivity index (χ3v) is 3.27. The number of benzene rings is 1. The Morgan fingerprint density at radius 2 is 2.05 bits per heavy atom. The molecule has 0 aromatic heterocycles. The maximum atomic E-state index is 12.9. The van der Waals surface area contributed by atoms with E-state index < -0.39 is 17.3 Å². The average molecular weight is 292 g/mol. The van der Waals surface area contributed by atoms with Crippen molar-refractivity contribution in [2.75, 3.05) is 7.11 Å². The molecule has 1 fully saturated rings. The number of hydrogen-bond donors (Lipinski definition) is 0. The Kier molecular flexibility index (Phi) is 3.32. The first-order valence-electron chi connectivity index (χ1n) is 5.38. The van der Waals surface area contributed by atoms with Crippen LogP contribution in [0.5, 0.6) is 5.75 Å². The lowest BCUT2D eigenvalue weighted by Gasteiger charge is -2.19. The quantitative estimate of drug-likeness (QED) is 0.629. The maximum Gasteiger partial charge on any atom is 0.420 e. The van der Waals surface area contributed by atoms with E-state index in [1.54, 1.807) is 0 Å². The predicted octanol–water partition coefficient (Wildman–Crippen LogP) is 3.69. The molecule has 19 heavy (non-hydrogen) atoms. The molecule has 2 rings (SSSR count). The number of methoxy groups -OCH3 is 1. The van der Waals surface area contributed by atoms with Crippen LogP contribution in [0.3, 0.4) is 0 Å². The molecule has 1 saturated carbocycles. The van der Waals surface area contributed by atoms with Crippen LogP contribution in [0.25, 0.3) is 0 Å². The second kappa shape index (κ2) is 4.54. The smallest absolute Gasteiger partial charge is 0.420 e. The molecule has 0 N–H and O–H groups in total. The number of aliphatic imine (C=N–C) groups is 1. The third kappa shape index (κ3) is 2.46. The van der Waals surface area contributed by atoms with E-state index in [0.29, 0.717) is 12.8 Å². The van der Waals surface area contributed by atoms with Crippen molar-refractivity contribution < 1.29 is 22.7 Å². The van der Waals surface area contributed by atoms with E-state index in [0.717, 1.165) is 13.2 Å². The normalized spacial score (nSPS) is 16.7. The molecule has 1 aromatic rings. The van der Waals surface area contributed by atoms with E-state index >= 15 is 0 Å². The minimum absolute atomic E-state index is 0.0736. The van der Waals surface area contributed by atoms with Crippen LogP contribution in [-0.2, 0) is 16.5 Å². The van der Waals surface area contributed by atoms with E-state index in [2.05, 4.69) is 4.99 Å². The molecule has 0 bridgehead atoms. The molecule has 1 aliphatic rings. The van der Waals surface area contributed by atoms with Gasteiger partial charge in [-0.05, 0) is 25.0 Å². The predicted molar refractivity (Wildman–Crippen MR) is 62.0 cm³/mol. The highest BCUT2D eigenvalue weighted by Gasteiger charge is 2.49. The summed E-state index contributed by atoms with van der Waals surface area (Å²) in [6.07, 6.45) is -2.26. The van der Waals surface area contributed by atoms with Gasteiger partial charge in [0.2, 0.25) is 6.08 Å². The van der Waals surface area contributed by atoms with Gasteiger partial charge in [0.05, 0.1) is 12.7 Å². The molecule has 7 heteroatoms. The summed E-state index contributed by atoms with van der Waals surface area (Å²) >= 11 is 5.72. The number of nitrogens with zero attached hydrogens (tertiary/aromatic N) is 1. The second-order valence-corrected chi connectivity index (χ2v) is 4.70. The Morgan fingerprint density at radius 1 is 1.42 bits per heavy atom. The van der Waals surface area contributed by atoms with Crippen LogP contribution in [0.2, 0.25) is 5.02 Å². The van der Waals surface area contributed by atoms with E-state index in [9.17, 15) is 18.0 Å². The Morgan fingerprint density at radius 3 is 2.47 bits per heavy atom. The van der Waals surface area contributed by atoms with E-state index in [1.165, 1.54) is 12.1 Å². The molecule has 0 amide bonds. The first-order chi connectivity index (χ1) is 8.84. The van der Waals surface area contributed by atoms with Crippen LogP contribution in [0, 0.1) is 0 Å². The number of isocyanates is 1. The lowest BCUT2D eigenvalue weighted by molar-refractivity contribution is -0.138. The van der Waals surface area contributed by atoms with Crippen LogP contribution in [-0.4, -0.2) is 13.2 Å². The fourth-order valence-corrected chi connectivity index (χ4v) is 2.24. The van der Waals surface area contributed by atoms with Crippen LogP contribution in [0.4, 0.5) is 13.2 Å². The monoisotopic (exact) mass is 291 g/mol. The Labute approximate surface area is 112 Å². The Bertz CT molecular complexity index is 561. The molecule has 1 aromatic carbocycles. The number of carbonyl (C=O) groups excluding carboxylic acids is 1. The summed E-state index contributed by atoms with van der Waals surface area (Å²) in [5.74, 6) is -0.339. The summed E-state index contributed by atoms with van der Waals surface area (Å²) in [5, 5.41) is -0.0736. The minimum atomic E-state index is -4.59. The van der Waals surface area contributed by atoms with Gasteiger partial charge < -0.3 is 4.74 Å². The molecule has 0 unspecified atom stereocenters. The fraction of sp³-hybridized carbons (Fsp3) is 0.417. The lowest BCUT2D eigenvalue weighted by atomic mass is 10.00. The van der Waals surface area contributed by atoms with Gasteiger partial charge in [0.15, 0.2) is 0 Å². The molecular weight excluding hydrogens is 283 g/mol. The first kappa shape index (κ1) is 13.9. The topological polar surface area (TPSA) is 38.7 Å². The highest BCUT2D eigenvalue weighted by molar-refractivity contribution is 6.30. The Balaban J connectivity index is 2.68.